The van der Waals surface area contributed by atoms with Crippen molar-refractivity contribution in [1.82, 2.24) is 4.31 Å². The molecule has 33 heavy (non-hydrogen) atoms. The number of hydrogen-bond donors (Lipinski definition) is 1. The Kier molecular flexibility index (Phi) is 9.21. The molecule has 0 amide bonds. The first kappa shape index (κ1) is 27.4. The van der Waals surface area contributed by atoms with Gasteiger partial charge in [0.1, 0.15) is 0 Å². The van der Waals surface area contributed by atoms with Crippen molar-refractivity contribution in [2.45, 2.75) is 51.6 Å². The lowest BCUT2D eigenvalue weighted by Crippen LogP contribution is -2.41. The lowest BCUT2D eigenvalue weighted by atomic mass is 10.1. The molecule has 184 valence electrons. The van der Waals surface area contributed by atoms with Crippen LogP contribution in [0, 0.1) is 5.92 Å². The largest absolute Gasteiger partial charge is 0.377 e. The van der Waals surface area contributed by atoms with Crippen LogP contribution in [0.2, 0.25) is 5.02 Å². The van der Waals surface area contributed by atoms with Gasteiger partial charge >= 0.3 is 0 Å². The topological polar surface area (TPSA) is 86.8 Å². The molecule has 2 rings (SSSR count). The van der Waals surface area contributed by atoms with E-state index in [1.807, 2.05) is 39.8 Å². The van der Waals surface area contributed by atoms with Gasteiger partial charge in [-0.05, 0) is 61.2 Å². The Hall–Kier alpha value is -1.81. The van der Waals surface area contributed by atoms with Gasteiger partial charge in [0, 0.05) is 43.1 Å². The van der Waals surface area contributed by atoms with E-state index >= 15 is 0 Å². The van der Waals surface area contributed by atoms with Crippen molar-refractivity contribution in [2.24, 2.45) is 5.92 Å². The summed E-state index contributed by atoms with van der Waals surface area (Å²) in [7, 11) is -3.63. The SMILES string of the molecule is CCCS(=O)(=O)Nc1ccc(N(C)C)c(CN([C@@H](C)C(C)C)S(=O)(=O)c2cccc(Cl)c2)c1. The van der Waals surface area contributed by atoms with Gasteiger partial charge < -0.3 is 4.90 Å². The molecule has 0 aliphatic rings. The molecular weight excluding hydrogens is 482 g/mol. The van der Waals surface area contributed by atoms with E-state index in [0.29, 0.717) is 22.7 Å². The summed E-state index contributed by atoms with van der Waals surface area (Å²) in [5.74, 6) is 0.0604. The van der Waals surface area contributed by atoms with Gasteiger partial charge in [-0.3, -0.25) is 4.72 Å². The summed E-state index contributed by atoms with van der Waals surface area (Å²) in [6, 6.07) is 11.1. The monoisotopic (exact) mass is 515 g/mol. The van der Waals surface area contributed by atoms with E-state index in [1.165, 1.54) is 16.4 Å². The fraction of sp³-hybridized carbons (Fsp3) is 0.478. The number of anilines is 2. The first-order chi connectivity index (χ1) is 15.3. The predicted octanol–water partition coefficient (Wildman–Crippen LogP) is 4.79. The van der Waals surface area contributed by atoms with E-state index in [4.69, 9.17) is 11.6 Å². The van der Waals surface area contributed by atoms with Crippen molar-refractivity contribution in [3.05, 3.63) is 53.1 Å². The van der Waals surface area contributed by atoms with E-state index in [-0.39, 0.29) is 29.2 Å². The van der Waals surface area contributed by atoms with Crippen LogP contribution in [0.25, 0.3) is 0 Å². The molecule has 0 radical (unpaired) electrons. The van der Waals surface area contributed by atoms with Gasteiger partial charge in [0.15, 0.2) is 0 Å². The lowest BCUT2D eigenvalue weighted by molar-refractivity contribution is 0.270. The van der Waals surface area contributed by atoms with Crippen molar-refractivity contribution in [3.63, 3.8) is 0 Å². The minimum absolute atomic E-state index is 0.0113. The van der Waals surface area contributed by atoms with Gasteiger partial charge in [-0.25, -0.2) is 16.8 Å². The molecule has 0 unspecified atom stereocenters. The highest BCUT2D eigenvalue weighted by molar-refractivity contribution is 7.92. The number of hydrogen-bond acceptors (Lipinski definition) is 5. The van der Waals surface area contributed by atoms with Crippen molar-refractivity contribution < 1.29 is 16.8 Å². The van der Waals surface area contributed by atoms with E-state index in [0.717, 1.165) is 5.69 Å². The zero-order valence-corrected chi connectivity index (χ0v) is 22.4. The smallest absolute Gasteiger partial charge is 0.243 e. The number of benzene rings is 2. The maximum atomic E-state index is 13.7. The first-order valence-electron chi connectivity index (χ1n) is 10.9. The van der Waals surface area contributed by atoms with Gasteiger partial charge in [0.25, 0.3) is 0 Å². The number of halogens is 1. The third-order valence-corrected chi connectivity index (χ3v) is 9.11. The summed E-state index contributed by atoms with van der Waals surface area (Å²) in [6.07, 6.45) is 0.496. The first-order valence-corrected chi connectivity index (χ1v) is 14.3. The van der Waals surface area contributed by atoms with Crippen LogP contribution in [-0.2, 0) is 26.6 Å². The van der Waals surface area contributed by atoms with Gasteiger partial charge in [0.05, 0.1) is 10.6 Å². The average molecular weight is 516 g/mol. The second-order valence-corrected chi connectivity index (χ2v) is 12.8. The molecule has 0 fully saturated rings. The van der Waals surface area contributed by atoms with Gasteiger partial charge in [-0.1, -0.05) is 38.4 Å². The highest BCUT2D eigenvalue weighted by atomic mass is 35.5. The lowest BCUT2D eigenvalue weighted by Gasteiger charge is -2.32. The minimum atomic E-state index is -3.87. The summed E-state index contributed by atoms with van der Waals surface area (Å²) >= 11 is 6.08. The fourth-order valence-electron chi connectivity index (χ4n) is 3.42. The van der Waals surface area contributed by atoms with Crippen LogP contribution in [-0.4, -0.2) is 47.0 Å². The Morgan fingerprint density at radius 3 is 2.21 bits per heavy atom. The van der Waals surface area contributed by atoms with E-state index in [9.17, 15) is 16.8 Å². The average Bonchev–Trinajstić information content (AvgIpc) is 2.70. The van der Waals surface area contributed by atoms with Crippen molar-refractivity contribution >= 4 is 43.0 Å². The summed E-state index contributed by atoms with van der Waals surface area (Å²) in [4.78, 5) is 2.00. The van der Waals surface area contributed by atoms with Crippen LogP contribution in [0.3, 0.4) is 0 Å². The minimum Gasteiger partial charge on any atom is -0.377 e. The molecule has 0 bridgehead atoms. The third kappa shape index (κ3) is 7.09. The molecule has 0 saturated heterocycles. The summed E-state index contributed by atoms with van der Waals surface area (Å²) in [5.41, 5.74) is 1.90. The molecule has 0 aromatic heterocycles. The standard InChI is InChI=1S/C23H34ClN3O4S2/c1-7-13-32(28,29)25-21-11-12-23(26(5)6)19(14-21)16-27(18(4)17(2)3)33(30,31)22-10-8-9-20(24)15-22/h8-12,14-15,17-18,25H,7,13,16H2,1-6H3/t18-/m0/s1. The normalized spacial score (nSPS) is 13.4. The second-order valence-electron chi connectivity index (χ2n) is 8.65. The molecule has 1 atom stereocenters. The maximum absolute atomic E-state index is 13.7. The van der Waals surface area contributed by atoms with Gasteiger partial charge in [0.2, 0.25) is 20.0 Å². The Morgan fingerprint density at radius 1 is 1.00 bits per heavy atom. The molecule has 0 aliphatic carbocycles. The molecule has 0 aliphatic heterocycles. The summed E-state index contributed by atoms with van der Waals surface area (Å²) in [5, 5.41) is 0.342. The number of sulfonamides is 2. The summed E-state index contributed by atoms with van der Waals surface area (Å²) < 4.78 is 55.9. The fourth-order valence-corrected chi connectivity index (χ4v) is 6.59. The van der Waals surface area contributed by atoms with Crippen molar-refractivity contribution in [1.29, 1.82) is 0 Å². The van der Waals surface area contributed by atoms with Crippen molar-refractivity contribution in [3.8, 4) is 0 Å². The molecule has 7 nitrogen and oxygen atoms in total. The molecule has 0 spiro atoms. The highest BCUT2D eigenvalue weighted by Crippen LogP contribution is 2.30. The zero-order chi connectivity index (χ0) is 25.0. The molecule has 0 heterocycles. The number of nitrogens with one attached hydrogen (secondary N) is 1. The van der Waals surface area contributed by atoms with E-state index in [1.54, 1.807) is 37.3 Å². The highest BCUT2D eigenvalue weighted by Gasteiger charge is 2.32. The number of rotatable bonds is 11. The van der Waals surface area contributed by atoms with Crippen LogP contribution >= 0.6 is 11.6 Å². The van der Waals surface area contributed by atoms with E-state index in [2.05, 4.69) is 4.72 Å². The van der Waals surface area contributed by atoms with E-state index < -0.39 is 20.0 Å². The molecule has 2 aromatic rings. The Balaban J connectivity index is 2.58. The zero-order valence-electron chi connectivity index (χ0n) is 20.0. The van der Waals surface area contributed by atoms with Crippen LogP contribution in [0.1, 0.15) is 39.7 Å². The van der Waals surface area contributed by atoms with Crippen LogP contribution in [0.5, 0.6) is 0 Å². The Bertz CT molecular complexity index is 1170. The van der Waals surface area contributed by atoms with Gasteiger partial charge in [-0.15, -0.1) is 0 Å². The molecule has 0 saturated carbocycles. The number of nitrogens with zero attached hydrogens (tertiary/aromatic N) is 2. The van der Waals surface area contributed by atoms with Crippen LogP contribution in [0.4, 0.5) is 11.4 Å². The second kappa shape index (κ2) is 11.1. The molecule has 1 N–H and O–H groups in total. The Morgan fingerprint density at radius 2 is 1.67 bits per heavy atom. The van der Waals surface area contributed by atoms with Crippen LogP contribution < -0.4 is 9.62 Å². The predicted molar refractivity (Wildman–Crippen MR) is 137 cm³/mol. The Labute approximate surface area is 203 Å². The van der Waals surface area contributed by atoms with Gasteiger partial charge in [-0.2, -0.15) is 4.31 Å². The maximum Gasteiger partial charge on any atom is 0.243 e. The van der Waals surface area contributed by atoms with Crippen molar-refractivity contribution in [2.75, 3.05) is 29.5 Å². The quantitative estimate of drug-likeness (QED) is 0.464. The molecule has 2 aromatic carbocycles. The molecular formula is C23H34ClN3O4S2. The molecule has 10 heteroatoms. The third-order valence-electron chi connectivity index (χ3n) is 5.46. The van der Waals surface area contributed by atoms with Crippen LogP contribution in [0.15, 0.2) is 47.4 Å². The summed E-state index contributed by atoms with van der Waals surface area (Å²) in [6.45, 7) is 7.67.